The average Bonchev–Trinajstić information content (AvgIpc) is 1.91. The molecule has 0 spiro atoms. The van der Waals surface area contributed by atoms with Gasteiger partial charge in [-0.2, -0.15) is 0 Å². The summed E-state index contributed by atoms with van der Waals surface area (Å²) in [7, 11) is 0. The second-order valence-corrected chi connectivity index (χ2v) is 1.62. The smallest absolute Gasteiger partial charge is 0.151 e. The highest BCUT2D eigenvalue weighted by molar-refractivity contribution is 4.71. The number of hydrogen-bond donors (Lipinski definition) is 1. The Hall–Kier alpha value is -0.150. The van der Waals surface area contributed by atoms with Crippen molar-refractivity contribution in [2.45, 2.75) is 12.3 Å². The van der Waals surface area contributed by atoms with Gasteiger partial charge in [-0.15, -0.1) is 0 Å². The minimum atomic E-state index is -1.15. The standard InChI is InChI=1S/C4H7FO2/c5-3-1-7-2-4(3)6/h3-4,6H,1-2H2/t3-,4-/m1/s1. The van der Waals surface area contributed by atoms with Crippen LogP contribution in [0, 0.1) is 0 Å². The van der Waals surface area contributed by atoms with Crippen molar-refractivity contribution in [2.75, 3.05) is 13.2 Å². The summed E-state index contributed by atoms with van der Waals surface area (Å²) in [5, 5.41) is 8.50. The summed E-state index contributed by atoms with van der Waals surface area (Å²) in [6.45, 7) is 0.211. The van der Waals surface area contributed by atoms with E-state index in [4.69, 9.17) is 5.11 Å². The SMILES string of the molecule is O[C@@H]1COC[C@H]1F. The third-order valence-electron chi connectivity index (χ3n) is 0.983. The first-order valence-corrected chi connectivity index (χ1v) is 2.20. The number of ether oxygens (including phenoxy) is 1. The molecule has 0 aromatic carbocycles. The van der Waals surface area contributed by atoms with Crippen LogP contribution < -0.4 is 0 Å². The Morgan fingerprint density at radius 3 is 2.43 bits per heavy atom. The van der Waals surface area contributed by atoms with Crippen molar-refractivity contribution in [1.29, 1.82) is 0 Å². The van der Waals surface area contributed by atoms with Gasteiger partial charge < -0.3 is 9.84 Å². The Morgan fingerprint density at radius 1 is 1.57 bits per heavy atom. The summed E-state index contributed by atoms with van der Waals surface area (Å²) in [6, 6.07) is 0. The molecule has 0 saturated carbocycles. The fraction of sp³-hybridized carbons (Fsp3) is 1.00. The molecule has 0 unspecified atom stereocenters. The van der Waals surface area contributed by atoms with Gasteiger partial charge in [-0.1, -0.05) is 0 Å². The van der Waals surface area contributed by atoms with Gasteiger partial charge in [0.15, 0.2) is 6.17 Å². The third kappa shape index (κ3) is 0.894. The lowest BCUT2D eigenvalue weighted by Gasteiger charge is -1.97. The first kappa shape index (κ1) is 5.00. The molecule has 7 heavy (non-hydrogen) atoms. The molecule has 0 amide bonds. The molecule has 0 aromatic heterocycles. The molecule has 1 aliphatic rings. The maximum absolute atomic E-state index is 11.9. The summed E-state index contributed by atoms with van der Waals surface area (Å²) in [5.41, 5.74) is 0. The van der Waals surface area contributed by atoms with Gasteiger partial charge in [0.25, 0.3) is 0 Å². The van der Waals surface area contributed by atoms with E-state index in [0.29, 0.717) is 0 Å². The van der Waals surface area contributed by atoms with Crippen LogP contribution in [-0.2, 0) is 4.74 Å². The first-order valence-electron chi connectivity index (χ1n) is 2.20. The van der Waals surface area contributed by atoms with Gasteiger partial charge in [0.05, 0.1) is 13.2 Å². The fourth-order valence-electron chi connectivity index (χ4n) is 0.517. The first-order chi connectivity index (χ1) is 3.30. The number of alkyl halides is 1. The monoisotopic (exact) mass is 106 g/mol. The minimum absolute atomic E-state index is 0.0567. The highest BCUT2D eigenvalue weighted by Crippen LogP contribution is 2.07. The molecule has 1 N–H and O–H groups in total. The van der Waals surface area contributed by atoms with Gasteiger partial charge in [-0.25, -0.2) is 4.39 Å². The van der Waals surface area contributed by atoms with E-state index in [1.807, 2.05) is 0 Å². The van der Waals surface area contributed by atoms with Crippen molar-refractivity contribution in [3.8, 4) is 0 Å². The summed E-state index contributed by atoms with van der Waals surface area (Å²) in [4.78, 5) is 0. The van der Waals surface area contributed by atoms with E-state index in [9.17, 15) is 4.39 Å². The Labute approximate surface area is 40.9 Å². The predicted molar refractivity (Wildman–Crippen MR) is 21.7 cm³/mol. The molecule has 1 rings (SSSR count). The van der Waals surface area contributed by atoms with Crippen molar-refractivity contribution >= 4 is 0 Å². The molecule has 2 nitrogen and oxygen atoms in total. The van der Waals surface area contributed by atoms with E-state index >= 15 is 0 Å². The van der Waals surface area contributed by atoms with Crippen molar-refractivity contribution in [1.82, 2.24) is 0 Å². The molecule has 1 heterocycles. The normalized spacial score (nSPS) is 42.0. The quantitative estimate of drug-likeness (QED) is 0.460. The number of hydrogen-bond acceptors (Lipinski definition) is 2. The lowest BCUT2D eigenvalue weighted by atomic mass is 10.3. The Kier molecular flexibility index (Phi) is 1.25. The zero-order chi connectivity index (χ0) is 5.28. The van der Waals surface area contributed by atoms with E-state index in [1.165, 1.54) is 0 Å². The number of aliphatic hydroxyl groups is 1. The number of aliphatic hydroxyl groups excluding tert-OH is 1. The molecule has 0 aromatic rings. The van der Waals surface area contributed by atoms with E-state index in [2.05, 4.69) is 4.74 Å². The molecule has 1 fully saturated rings. The summed E-state index contributed by atoms with van der Waals surface area (Å²) in [6.07, 6.45) is -2.03. The van der Waals surface area contributed by atoms with E-state index in [-0.39, 0.29) is 13.2 Å². The van der Waals surface area contributed by atoms with Crippen molar-refractivity contribution in [2.24, 2.45) is 0 Å². The third-order valence-corrected chi connectivity index (χ3v) is 0.983. The average molecular weight is 106 g/mol. The number of rotatable bonds is 0. The van der Waals surface area contributed by atoms with E-state index in [0.717, 1.165) is 0 Å². The van der Waals surface area contributed by atoms with Crippen molar-refractivity contribution in [3.63, 3.8) is 0 Å². The fourth-order valence-corrected chi connectivity index (χ4v) is 0.517. The van der Waals surface area contributed by atoms with Gasteiger partial charge in [0.1, 0.15) is 6.10 Å². The maximum atomic E-state index is 11.9. The van der Waals surface area contributed by atoms with Crippen LogP contribution in [0.15, 0.2) is 0 Å². The lowest BCUT2D eigenvalue weighted by Crippen LogP contribution is -2.17. The van der Waals surface area contributed by atoms with Crippen LogP contribution in [0.4, 0.5) is 4.39 Å². The second-order valence-electron chi connectivity index (χ2n) is 1.62. The zero-order valence-corrected chi connectivity index (χ0v) is 3.80. The second kappa shape index (κ2) is 1.76. The molecular formula is C4H7FO2. The summed E-state index contributed by atoms with van der Waals surface area (Å²) >= 11 is 0. The van der Waals surface area contributed by atoms with Gasteiger partial charge >= 0.3 is 0 Å². The topological polar surface area (TPSA) is 29.5 Å². The zero-order valence-electron chi connectivity index (χ0n) is 3.80. The largest absolute Gasteiger partial charge is 0.388 e. The van der Waals surface area contributed by atoms with Crippen molar-refractivity contribution in [3.05, 3.63) is 0 Å². The molecule has 2 atom stereocenters. The summed E-state index contributed by atoms with van der Waals surface area (Å²) < 4.78 is 16.5. The van der Waals surface area contributed by atoms with Gasteiger partial charge in [-0.3, -0.25) is 0 Å². The van der Waals surface area contributed by atoms with Crippen LogP contribution in [0.5, 0.6) is 0 Å². The van der Waals surface area contributed by atoms with E-state index < -0.39 is 12.3 Å². The minimum Gasteiger partial charge on any atom is -0.388 e. The highest BCUT2D eigenvalue weighted by atomic mass is 19.1. The van der Waals surface area contributed by atoms with Gasteiger partial charge in [-0.05, 0) is 0 Å². The molecule has 1 aliphatic heterocycles. The highest BCUT2D eigenvalue weighted by Gasteiger charge is 2.24. The Balaban J connectivity index is 2.33. The van der Waals surface area contributed by atoms with Crippen LogP contribution in [0.3, 0.4) is 0 Å². The van der Waals surface area contributed by atoms with Crippen LogP contribution in [0.25, 0.3) is 0 Å². The van der Waals surface area contributed by atoms with Crippen LogP contribution >= 0.6 is 0 Å². The number of halogens is 1. The molecule has 0 radical (unpaired) electrons. The van der Waals surface area contributed by atoms with Crippen LogP contribution in [0.2, 0.25) is 0 Å². The van der Waals surface area contributed by atoms with Crippen molar-refractivity contribution < 1.29 is 14.2 Å². The van der Waals surface area contributed by atoms with Crippen LogP contribution in [0.1, 0.15) is 0 Å². The molecular weight excluding hydrogens is 99.0 g/mol. The maximum Gasteiger partial charge on any atom is 0.151 e. The van der Waals surface area contributed by atoms with Crippen LogP contribution in [-0.4, -0.2) is 30.6 Å². The molecule has 0 bridgehead atoms. The molecule has 0 aliphatic carbocycles. The van der Waals surface area contributed by atoms with Gasteiger partial charge in [0.2, 0.25) is 0 Å². The van der Waals surface area contributed by atoms with Gasteiger partial charge in [0, 0.05) is 0 Å². The lowest BCUT2D eigenvalue weighted by molar-refractivity contribution is 0.107. The summed E-state index contributed by atoms with van der Waals surface area (Å²) in [5.74, 6) is 0. The van der Waals surface area contributed by atoms with E-state index in [1.54, 1.807) is 0 Å². The Morgan fingerprint density at radius 2 is 2.29 bits per heavy atom. The Bertz CT molecular complexity index is 58.7. The molecule has 42 valence electrons. The molecule has 1 saturated heterocycles. The molecule has 3 heteroatoms. The predicted octanol–water partition coefficient (Wildman–Crippen LogP) is -0.284.